The molecular weight excluding hydrogens is 120 g/mol. The molecule has 10 heavy (non-hydrogen) atoms. The summed E-state index contributed by atoms with van der Waals surface area (Å²) in [6.07, 6.45) is 5.46. The first kappa shape index (κ1) is 8.86. The van der Waals surface area contributed by atoms with Gasteiger partial charge >= 0.3 is 0 Å². The van der Waals surface area contributed by atoms with Crippen molar-refractivity contribution >= 4 is 0 Å². The van der Waals surface area contributed by atoms with Gasteiger partial charge in [0, 0.05) is 0 Å². The van der Waals surface area contributed by atoms with E-state index < -0.39 is 0 Å². The van der Waals surface area contributed by atoms with Gasteiger partial charge in [0.25, 0.3) is 0 Å². The largest absolute Gasteiger partial charge is 0.0687 e. The Morgan fingerprint density at radius 1 is 1.40 bits per heavy atom. The number of hydrogen-bond acceptors (Lipinski definition) is 0. The molecule has 0 radical (unpaired) electrons. The lowest BCUT2D eigenvalue weighted by Gasteiger charge is -1.81. The molecule has 0 saturated heterocycles. The van der Waals surface area contributed by atoms with E-state index in [0.717, 1.165) is 6.42 Å². The molecule has 0 saturated carbocycles. The molecule has 0 heterocycles. The van der Waals surface area contributed by atoms with Gasteiger partial charge in [0.05, 0.1) is 0 Å². The molecule has 0 N–H and O–H groups in total. The molecule has 0 atom stereocenters. The maximum Gasteiger partial charge on any atom is -0.0105 e. The van der Waals surface area contributed by atoms with Gasteiger partial charge < -0.3 is 0 Å². The lowest BCUT2D eigenvalue weighted by atomic mass is 10.2. The first-order chi connectivity index (χ1) is 4.91. The van der Waals surface area contributed by atoms with Crippen molar-refractivity contribution in [2.75, 3.05) is 0 Å². The predicted molar refractivity (Wildman–Crippen MR) is 43.8 cm³/mol. The van der Waals surface area contributed by atoms with E-state index in [9.17, 15) is 0 Å². The van der Waals surface area contributed by atoms with Gasteiger partial charge in [0.15, 0.2) is 0 Å². The molecule has 0 rings (SSSR count). The minimum Gasteiger partial charge on any atom is -0.0687 e. The van der Waals surface area contributed by atoms with Gasteiger partial charge in [-0.05, 0) is 37.0 Å². The van der Waals surface area contributed by atoms with Crippen LogP contribution in [0.5, 0.6) is 0 Å². The second-order valence-electron chi connectivity index (χ2n) is 1.92. The molecule has 0 nitrogen and oxygen atoms in total. The van der Waals surface area contributed by atoms with Crippen molar-refractivity contribution in [3.05, 3.63) is 35.6 Å². The van der Waals surface area contributed by atoms with Crippen molar-refractivity contribution in [2.45, 2.75) is 26.2 Å². The van der Waals surface area contributed by atoms with Crippen molar-refractivity contribution in [3.63, 3.8) is 0 Å². The third-order valence-corrected chi connectivity index (χ3v) is 1.03. The third-order valence-electron chi connectivity index (χ3n) is 1.03. The molecule has 0 aliphatic rings. The van der Waals surface area contributed by atoms with Crippen LogP contribution in [0.4, 0.5) is 0 Å². The maximum absolute atomic E-state index is 3.34. The summed E-state index contributed by atoms with van der Waals surface area (Å²) in [6, 6.07) is 0. The maximum atomic E-state index is 3.34. The van der Waals surface area contributed by atoms with Gasteiger partial charge in [-0.25, -0.2) is 0 Å². The second kappa shape index (κ2) is 7.86. The van der Waals surface area contributed by atoms with Crippen molar-refractivity contribution < 1.29 is 0 Å². The van der Waals surface area contributed by atoms with Crippen LogP contribution in [0.2, 0.25) is 0 Å². The van der Waals surface area contributed by atoms with E-state index in [2.05, 4.69) is 36.4 Å². The van der Waals surface area contributed by atoms with Crippen molar-refractivity contribution in [3.8, 4) is 0 Å². The Balaban J connectivity index is 3.76. The summed E-state index contributed by atoms with van der Waals surface area (Å²) in [5, 5.41) is 0. The van der Waals surface area contributed by atoms with E-state index in [1.807, 2.05) is 6.08 Å². The minimum atomic E-state index is 1.07. The van der Waals surface area contributed by atoms with Gasteiger partial charge in [0.1, 0.15) is 0 Å². The fourth-order valence-electron chi connectivity index (χ4n) is 0.510. The molecule has 0 fully saturated rings. The lowest BCUT2D eigenvalue weighted by molar-refractivity contribution is 0.815. The zero-order valence-corrected chi connectivity index (χ0v) is 6.41. The predicted octanol–water partition coefficient (Wildman–Crippen LogP) is 2.98. The summed E-state index contributed by atoms with van der Waals surface area (Å²) in [4.78, 5) is 0. The van der Waals surface area contributed by atoms with Crippen LogP contribution in [0.15, 0.2) is 35.6 Å². The average Bonchev–Trinajstić information content (AvgIpc) is 1.97. The minimum absolute atomic E-state index is 1.07. The fourth-order valence-corrected chi connectivity index (χ4v) is 0.510. The van der Waals surface area contributed by atoms with Gasteiger partial charge in [0.2, 0.25) is 0 Å². The Labute approximate surface area is 62.6 Å². The number of hydrogen-bond donors (Lipinski definition) is 0. The van der Waals surface area contributed by atoms with Gasteiger partial charge in [-0.15, -0.1) is 0 Å². The zero-order valence-electron chi connectivity index (χ0n) is 6.41. The molecule has 0 amide bonds. The summed E-state index contributed by atoms with van der Waals surface area (Å²) in [5.41, 5.74) is 10.5. The van der Waals surface area contributed by atoms with Gasteiger partial charge in [-0.2, -0.15) is 0 Å². The molecule has 0 unspecified atom stereocenters. The van der Waals surface area contributed by atoms with Crippen LogP contribution in [-0.4, -0.2) is 0 Å². The highest BCUT2D eigenvalue weighted by atomic mass is 13.8. The highest BCUT2D eigenvalue weighted by Crippen LogP contribution is 1.92. The van der Waals surface area contributed by atoms with Crippen LogP contribution < -0.4 is 0 Å². The standard InChI is InChI=1S/C10H12/c1-3-5-7-9-10-8-6-4-2/h10H,1,4,6,8H2,2H3. The van der Waals surface area contributed by atoms with Crippen molar-refractivity contribution in [1.29, 1.82) is 0 Å². The van der Waals surface area contributed by atoms with Gasteiger partial charge in [-0.3, -0.25) is 0 Å². The van der Waals surface area contributed by atoms with E-state index in [1.165, 1.54) is 12.8 Å². The number of unbranched alkanes of at least 4 members (excludes halogenated alkanes) is 2. The van der Waals surface area contributed by atoms with Crippen LogP contribution in [0, 0.1) is 0 Å². The Morgan fingerprint density at radius 3 is 2.80 bits per heavy atom. The van der Waals surface area contributed by atoms with E-state index in [4.69, 9.17) is 0 Å². The molecule has 0 aromatic heterocycles. The Kier molecular flexibility index (Phi) is 6.96. The Hall–Kier alpha value is -1.14. The van der Waals surface area contributed by atoms with Crippen molar-refractivity contribution in [1.82, 2.24) is 0 Å². The smallest absolute Gasteiger partial charge is 0.0105 e. The quantitative estimate of drug-likeness (QED) is 0.409. The number of allylic oxidation sites excluding steroid dienone is 1. The number of rotatable bonds is 3. The third kappa shape index (κ3) is 6.86. The molecule has 52 valence electrons. The fraction of sp³-hybridized carbons (Fsp3) is 0.400. The Bertz CT molecular complexity index is 210. The highest BCUT2D eigenvalue weighted by molar-refractivity contribution is 4.85. The summed E-state index contributed by atoms with van der Waals surface area (Å²) in [6.45, 7) is 5.51. The van der Waals surface area contributed by atoms with Crippen LogP contribution in [0.1, 0.15) is 26.2 Å². The lowest BCUT2D eigenvalue weighted by Crippen LogP contribution is -1.62. The summed E-state index contributed by atoms with van der Waals surface area (Å²) < 4.78 is 0. The molecular formula is C10H12. The van der Waals surface area contributed by atoms with Crippen LogP contribution in [0.3, 0.4) is 0 Å². The Morgan fingerprint density at radius 2 is 2.20 bits per heavy atom. The highest BCUT2D eigenvalue weighted by Gasteiger charge is 1.73. The SMILES string of the molecule is C=C=C=C=C=CCCCC. The van der Waals surface area contributed by atoms with Crippen LogP contribution in [0.25, 0.3) is 0 Å². The van der Waals surface area contributed by atoms with Gasteiger partial charge in [-0.1, -0.05) is 24.8 Å². The average molecular weight is 132 g/mol. The molecule has 0 heteroatoms. The summed E-state index contributed by atoms with van der Waals surface area (Å²) in [7, 11) is 0. The molecule has 0 aromatic rings. The monoisotopic (exact) mass is 132 g/mol. The van der Waals surface area contributed by atoms with E-state index in [-0.39, 0.29) is 0 Å². The first-order valence-corrected chi connectivity index (χ1v) is 3.51. The molecule has 0 aliphatic heterocycles. The summed E-state index contributed by atoms with van der Waals surface area (Å²) in [5.74, 6) is 0. The van der Waals surface area contributed by atoms with E-state index in [1.54, 1.807) is 0 Å². The molecule has 0 aliphatic carbocycles. The molecule has 0 bridgehead atoms. The molecule has 0 aromatic carbocycles. The van der Waals surface area contributed by atoms with E-state index in [0.29, 0.717) is 0 Å². The first-order valence-electron chi connectivity index (χ1n) is 3.51. The van der Waals surface area contributed by atoms with Crippen LogP contribution in [-0.2, 0) is 0 Å². The normalized spacial score (nSPS) is 6.50. The van der Waals surface area contributed by atoms with Crippen LogP contribution >= 0.6 is 0 Å². The zero-order chi connectivity index (χ0) is 7.66. The second-order valence-corrected chi connectivity index (χ2v) is 1.92. The summed E-state index contributed by atoms with van der Waals surface area (Å²) >= 11 is 0. The topological polar surface area (TPSA) is 0 Å². The van der Waals surface area contributed by atoms with E-state index >= 15 is 0 Å². The van der Waals surface area contributed by atoms with Crippen molar-refractivity contribution in [2.24, 2.45) is 0 Å². The molecule has 0 spiro atoms.